The van der Waals surface area contributed by atoms with E-state index in [0.717, 1.165) is 15.7 Å². The maximum absolute atomic E-state index is 13.8. The number of alkyl halides is 3. The predicted octanol–water partition coefficient (Wildman–Crippen LogP) is 4.38. The van der Waals surface area contributed by atoms with Crippen molar-refractivity contribution in [2.45, 2.75) is 12.4 Å². The van der Waals surface area contributed by atoms with Gasteiger partial charge in [0.25, 0.3) is 0 Å². The zero-order valence-corrected chi connectivity index (χ0v) is 12.7. The molecule has 0 aliphatic carbocycles. The van der Waals surface area contributed by atoms with Gasteiger partial charge in [-0.05, 0) is 58.5 Å². The molecule has 0 fully saturated rings. The Labute approximate surface area is 132 Å². The summed E-state index contributed by atoms with van der Waals surface area (Å²) in [6.45, 7) is 0. The van der Waals surface area contributed by atoms with Crippen LogP contribution in [0.25, 0.3) is 0 Å². The number of nitrogens with two attached hydrogens (primary N) is 1. The molecule has 0 aromatic heterocycles. The van der Waals surface area contributed by atoms with E-state index >= 15 is 0 Å². The number of hydrogen-bond acceptors (Lipinski definition) is 2. The zero-order valence-electron chi connectivity index (χ0n) is 10.5. The summed E-state index contributed by atoms with van der Waals surface area (Å²) in [7, 11) is 0. The van der Waals surface area contributed by atoms with E-state index in [1.807, 2.05) is 22.6 Å². The lowest BCUT2D eigenvalue weighted by molar-refractivity contribution is -0.274. The van der Waals surface area contributed by atoms with Crippen LogP contribution in [-0.2, 0) is 0 Å². The lowest BCUT2D eigenvalue weighted by Gasteiger charge is -2.15. The molecule has 0 amide bonds. The van der Waals surface area contributed by atoms with Crippen LogP contribution < -0.4 is 10.5 Å². The summed E-state index contributed by atoms with van der Waals surface area (Å²) in [6, 6.07) is 8.80. The van der Waals surface area contributed by atoms with E-state index in [9.17, 15) is 17.6 Å². The van der Waals surface area contributed by atoms with E-state index in [2.05, 4.69) is 4.74 Å². The number of rotatable bonds is 3. The van der Waals surface area contributed by atoms with Gasteiger partial charge in [0.15, 0.2) is 0 Å². The monoisotopic (exact) mass is 411 g/mol. The molecule has 7 heteroatoms. The summed E-state index contributed by atoms with van der Waals surface area (Å²) in [5.74, 6) is -0.805. The number of hydrogen-bond donors (Lipinski definition) is 1. The van der Waals surface area contributed by atoms with Crippen molar-refractivity contribution < 1.29 is 22.3 Å². The average Bonchev–Trinajstić information content (AvgIpc) is 2.40. The van der Waals surface area contributed by atoms with Gasteiger partial charge in [0.2, 0.25) is 0 Å². The molecule has 112 valence electrons. The Morgan fingerprint density at radius 1 is 1.05 bits per heavy atom. The van der Waals surface area contributed by atoms with Crippen molar-refractivity contribution in [2.75, 3.05) is 0 Å². The van der Waals surface area contributed by atoms with Gasteiger partial charge in [-0.3, -0.25) is 0 Å². The SMILES string of the molecule is N[C@H](c1ccc(OC(F)(F)F)cc1)c1cc(I)ccc1F. The van der Waals surface area contributed by atoms with Crippen LogP contribution in [0.4, 0.5) is 17.6 Å². The van der Waals surface area contributed by atoms with Crippen LogP contribution in [0.2, 0.25) is 0 Å². The fourth-order valence-electron chi connectivity index (χ4n) is 1.81. The summed E-state index contributed by atoms with van der Waals surface area (Å²) in [5.41, 5.74) is 6.73. The molecule has 2 rings (SSSR count). The second-order valence-electron chi connectivity index (χ2n) is 4.26. The Balaban J connectivity index is 2.24. The smallest absolute Gasteiger partial charge is 0.406 e. The zero-order chi connectivity index (χ0) is 15.6. The Morgan fingerprint density at radius 2 is 1.67 bits per heavy atom. The highest BCUT2D eigenvalue weighted by atomic mass is 127. The number of benzene rings is 2. The summed E-state index contributed by atoms with van der Waals surface area (Å²) in [4.78, 5) is 0. The maximum atomic E-state index is 13.8. The molecular weight excluding hydrogens is 401 g/mol. The topological polar surface area (TPSA) is 35.2 Å². The van der Waals surface area contributed by atoms with Crippen molar-refractivity contribution in [3.8, 4) is 5.75 Å². The van der Waals surface area contributed by atoms with E-state index in [0.29, 0.717) is 5.56 Å². The Hall–Kier alpha value is -1.35. The molecule has 2 aromatic rings. The van der Waals surface area contributed by atoms with Gasteiger partial charge in [-0.2, -0.15) is 0 Å². The summed E-state index contributed by atoms with van der Waals surface area (Å²) >= 11 is 2.03. The summed E-state index contributed by atoms with van der Waals surface area (Å²) in [6.07, 6.45) is -4.74. The molecule has 0 heterocycles. The van der Waals surface area contributed by atoms with Gasteiger partial charge in [-0.15, -0.1) is 13.2 Å². The van der Waals surface area contributed by atoms with Crippen LogP contribution in [0, 0.1) is 9.39 Å². The van der Waals surface area contributed by atoms with Crippen molar-refractivity contribution in [3.05, 3.63) is 63.0 Å². The Bertz CT molecular complexity index is 628. The average molecular weight is 411 g/mol. The van der Waals surface area contributed by atoms with E-state index in [4.69, 9.17) is 5.73 Å². The van der Waals surface area contributed by atoms with E-state index < -0.39 is 18.2 Å². The second kappa shape index (κ2) is 6.18. The van der Waals surface area contributed by atoms with Crippen LogP contribution in [0.15, 0.2) is 42.5 Å². The molecule has 0 aliphatic heterocycles. The minimum Gasteiger partial charge on any atom is -0.406 e. The highest BCUT2D eigenvalue weighted by Crippen LogP contribution is 2.27. The second-order valence-corrected chi connectivity index (χ2v) is 5.51. The fourth-order valence-corrected chi connectivity index (χ4v) is 2.32. The van der Waals surface area contributed by atoms with Crippen LogP contribution in [0.1, 0.15) is 17.2 Å². The van der Waals surface area contributed by atoms with Crippen LogP contribution in [-0.4, -0.2) is 6.36 Å². The predicted molar refractivity (Wildman–Crippen MR) is 78.3 cm³/mol. The molecule has 0 saturated heterocycles. The number of ether oxygens (including phenoxy) is 1. The molecule has 2 N–H and O–H groups in total. The Kier molecular flexibility index (Phi) is 4.72. The first-order valence-electron chi connectivity index (χ1n) is 5.82. The van der Waals surface area contributed by atoms with E-state index in [1.165, 1.54) is 18.2 Å². The third kappa shape index (κ3) is 4.31. The standard InChI is InChI=1S/C14H10F4INO/c15-12-6-3-9(19)7-11(12)13(20)8-1-4-10(5-2-8)21-14(16,17)18/h1-7,13H,20H2/t13-/m1/s1. The molecule has 0 radical (unpaired) electrons. The molecule has 0 saturated carbocycles. The minimum absolute atomic E-state index is 0.284. The maximum Gasteiger partial charge on any atom is 0.573 e. The van der Waals surface area contributed by atoms with Gasteiger partial charge in [0.1, 0.15) is 11.6 Å². The normalized spacial score (nSPS) is 13.0. The van der Waals surface area contributed by atoms with Gasteiger partial charge in [0, 0.05) is 9.13 Å². The summed E-state index contributed by atoms with van der Waals surface area (Å²) < 4.78 is 54.5. The van der Waals surface area contributed by atoms with Gasteiger partial charge < -0.3 is 10.5 Å². The van der Waals surface area contributed by atoms with Crippen molar-refractivity contribution in [1.29, 1.82) is 0 Å². The Morgan fingerprint density at radius 3 is 2.24 bits per heavy atom. The van der Waals surface area contributed by atoms with Crippen molar-refractivity contribution >= 4 is 22.6 Å². The first-order chi connectivity index (χ1) is 9.76. The minimum atomic E-state index is -4.74. The van der Waals surface area contributed by atoms with Crippen molar-refractivity contribution in [3.63, 3.8) is 0 Å². The van der Waals surface area contributed by atoms with Gasteiger partial charge in [-0.25, -0.2) is 4.39 Å². The molecular formula is C14H10F4INO. The lowest BCUT2D eigenvalue weighted by atomic mass is 9.99. The van der Waals surface area contributed by atoms with Crippen LogP contribution >= 0.6 is 22.6 Å². The third-order valence-electron chi connectivity index (χ3n) is 2.77. The first-order valence-corrected chi connectivity index (χ1v) is 6.90. The quantitative estimate of drug-likeness (QED) is 0.602. The third-order valence-corrected chi connectivity index (χ3v) is 3.44. The highest BCUT2D eigenvalue weighted by molar-refractivity contribution is 14.1. The van der Waals surface area contributed by atoms with Gasteiger partial charge in [0.05, 0.1) is 6.04 Å². The van der Waals surface area contributed by atoms with Crippen LogP contribution in [0.3, 0.4) is 0 Å². The van der Waals surface area contributed by atoms with Gasteiger partial charge >= 0.3 is 6.36 Å². The van der Waals surface area contributed by atoms with E-state index in [1.54, 1.807) is 12.1 Å². The van der Waals surface area contributed by atoms with Gasteiger partial charge in [-0.1, -0.05) is 12.1 Å². The first kappa shape index (κ1) is 16.0. The molecule has 0 unspecified atom stereocenters. The molecule has 0 spiro atoms. The van der Waals surface area contributed by atoms with Crippen molar-refractivity contribution in [1.82, 2.24) is 0 Å². The molecule has 0 aliphatic rings. The molecule has 21 heavy (non-hydrogen) atoms. The number of halogens is 5. The highest BCUT2D eigenvalue weighted by Gasteiger charge is 2.31. The summed E-state index contributed by atoms with van der Waals surface area (Å²) in [5, 5.41) is 0. The van der Waals surface area contributed by atoms with Crippen molar-refractivity contribution in [2.24, 2.45) is 5.73 Å². The van der Waals surface area contributed by atoms with E-state index in [-0.39, 0.29) is 11.3 Å². The van der Waals surface area contributed by atoms with Crippen LogP contribution in [0.5, 0.6) is 5.75 Å². The molecule has 2 aromatic carbocycles. The lowest BCUT2D eigenvalue weighted by Crippen LogP contribution is -2.17. The fraction of sp³-hybridized carbons (Fsp3) is 0.143. The molecule has 2 nitrogen and oxygen atoms in total. The largest absolute Gasteiger partial charge is 0.573 e. The molecule has 1 atom stereocenters. The molecule has 0 bridgehead atoms.